The van der Waals surface area contributed by atoms with Crippen molar-refractivity contribution in [2.45, 2.75) is 29.8 Å². The van der Waals surface area contributed by atoms with Crippen molar-refractivity contribution in [2.24, 2.45) is 5.14 Å². The van der Waals surface area contributed by atoms with Crippen LogP contribution in [-0.2, 0) is 20.0 Å². The third kappa shape index (κ3) is 4.85. The molecule has 29 heavy (non-hydrogen) atoms. The van der Waals surface area contributed by atoms with Crippen molar-refractivity contribution in [2.75, 3.05) is 0 Å². The van der Waals surface area contributed by atoms with E-state index in [1.807, 2.05) is 0 Å². The van der Waals surface area contributed by atoms with Gasteiger partial charge in [0.1, 0.15) is 0 Å². The number of nitrogens with one attached hydrogen (secondary N) is 1. The predicted octanol–water partition coefficient (Wildman–Crippen LogP) is 2.53. The van der Waals surface area contributed by atoms with E-state index in [4.69, 9.17) is 16.7 Å². The van der Waals surface area contributed by atoms with Crippen LogP contribution in [0.25, 0.3) is 16.9 Å². The average Bonchev–Trinajstić information content (AvgIpc) is 3.07. The lowest BCUT2D eigenvalue weighted by Crippen LogP contribution is -2.30. The number of hydrogen-bond acceptors (Lipinski definition) is 5. The quantitative estimate of drug-likeness (QED) is 0.592. The summed E-state index contributed by atoms with van der Waals surface area (Å²) in [4.78, 5) is -0.0595. The molecule has 0 unspecified atom stereocenters. The highest BCUT2D eigenvalue weighted by Gasteiger charge is 2.23. The zero-order valence-corrected chi connectivity index (χ0v) is 18.0. The van der Waals surface area contributed by atoms with Gasteiger partial charge in [0.25, 0.3) is 10.0 Å². The fourth-order valence-electron chi connectivity index (χ4n) is 2.66. The molecule has 0 radical (unpaired) electrons. The first-order valence-corrected chi connectivity index (χ1v) is 11.9. The van der Waals surface area contributed by atoms with Crippen molar-refractivity contribution in [3.8, 4) is 16.9 Å². The lowest BCUT2D eigenvalue weighted by Gasteiger charge is -2.09. The maximum atomic E-state index is 12.6. The van der Waals surface area contributed by atoms with Crippen LogP contribution in [0.3, 0.4) is 0 Å². The minimum atomic E-state index is -3.85. The number of nitrogens with zero attached hydrogens (tertiary/aromatic N) is 2. The van der Waals surface area contributed by atoms with Crippen molar-refractivity contribution < 1.29 is 16.8 Å². The Kier molecular flexibility index (Phi) is 5.84. The van der Waals surface area contributed by atoms with Crippen molar-refractivity contribution in [3.63, 3.8) is 0 Å². The second-order valence-electron chi connectivity index (χ2n) is 6.60. The summed E-state index contributed by atoms with van der Waals surface area (Å²) in [5.74, 6) is 0. The Labute approximate surface area is 174 Å². The molecule has 3 aromatic rings. The standard InChI is InChI=1S/C18H19ClN4O4S2/c1-12(2)22-29(26,27)18-11-17(13-3-5-14(19)6-4-13)23(21-18)15-7-9-16(10-8-15)28(20,24)25/h3-12,22H,1-2H3,(H2,20,24,25). The lowest BCUT2D eigenvalue weighted by molar-refractivity contribution is 0.564. The Hall–Kier alpha value is -2.24. The van der Waals surface area contributed by atoms with Gasteiger partial charge in [0.15, 0.2) is 5.03 Å². The summed E-state index contributed by atoms with van der Waals surface area (Å²) < 4.78 is 52.1. The van der Waals surface area contributed by atoms with Gasteiger partial charge < -0.3 is 0 Å². The van der Waals surface area contributed by atoms with Gasteiger partial charge in [-0.05, 0) is 50.2 Å². The van der Waals surface area contributed by atoms with Crippen LogP contribution >= 0.6 is 11.6 Å². The van der Waals surface area contributed by atoms with Gasteiger partial charge in [0.05, 0.1) is 16.3 Å². The molecule has 0 saturated carbocycles. The van der Waals surface area contributed by atoms with E-state index in [2.05, 4.69) is 9.82 Å². The molecule has 0 atom stereocenters. The van der Waals surface area contributed by atoms with Crippen LogP contribution < -0.4 is 9.86 Å². The molecular formula is C18H19ClN4O4S2. The molecule has 0 aliphatic carbocycles. The van der Waals surface area contributed by atoms with Crippen LogP contribution in [0.15, 0.2) is 64.5 Å². The largest absolute Gasteiger partial charge is 0.260 e. The molecule has 154 valence electrons. The molecule has 0 aliphatic rings. The van der Waals surface area contributed by atoms with Crippen molar-refractivity contribution in [1.29, 1.82) is 0 Å². The SMILES string of the molecule is CC(C)NS(=O)(=O)c1cc(-c2ccc(Cl)cc2)n(-c2ccc(S(N)(=O)=O)cc2)n1. The summed E-state index contributed by atoms with van der Waals surface area (Å²) >= 11 is 5.95. The molecule has 3 rings (SSSR count). The molecule has 1 aromatic heterocycles. The molecule has 3 N–H and O–H groups in total. The van der Waals surface area contributed by atoms with E-state index in [0.29, 0.717) is 22.0 Å². The van der Waals surface area contributed by atoms with E-state index in [9.17, 15) is 16.8 Å². The van der Waals surface area contributed by atoms with Gasteiger partial charge in [-0.15, -0.1) is 0 Å². The number of nitrogens with two attached hydrogens (primary N) is 1. The zero-order valence-electron chi connectivity index (χ0n) is 15.6. The van der Waals surface area contributed by atoms with Crippen LogP contribution in [-0.4, -0.2) is 32.7 Å². The fourth-order valence-corrected chi connectivity index (χ4v) is 4.50. The van der Waals surface area contributed by atoms with E-state index < -0.39 is 20.0 Å². The zero-order chi connectivity index (χ0) is 21.4. The highest BCUT2D eigenvalue weighted by molar-refractivity contribution is 7.89. The van der Waals surface area contributed by atoms with Crippen LogP contribution in [0.5, 0.6) is 0 Å². The smallest absolute Gasteiger partial charge is 0.232 e. The highest BCUT2D eigenvalue weighted by Crippen LogP contribution is 2.27. The first-order valence-electron chi connectivity index (χ1n) is 8.49. The highest BCUT2D eigenvalue weighted by atomic mass is 35.5. The Balaban J connectivity index is 2.17. The first-order chi connectivity index (χ1) is 13.5. The molecule has 2 aromatic carbocycles. The van der Waals surface area contributed by atoms with Gasteiger partial charge in [0.2, 0.25) is 10.0 Å². The molecule has 1 heterocycles. The molecule has 0 aliphatic heterocycles. The molecule has 0 spiro atoms. The van der Waals surface area contributed by atoms with Crippen LogP contribution in [0.2, 0.25) is 5.02 Å². The van der Waals surface area contributed by atoms with Gasteiger partial charge in [-0.1, -0.05) is 23.7 Å². The Bertz CT molecular complexity index is 1230. The van der Waals surface area contributed by atoms with Gasteiger partial charge in [-0.25, -0.2) is 31.4 Å². The molecule has 0 fully saturated rings. The Morgan fingerprint density at radius 1 is 1.00 bits per heavy atom. The van der Waals surface area contributed by atoms with E-state index >= 15 is 0 Å². The topological polar surface area (TPSA) is 124 Å². The van der Waals surface area contributed by atoms with E-state index in [0.717, 1.165) is 0 Å². The number of sulfonamides is 2. The Morgan fingerprint density at radius 3 is 2.10 bits per heavy atom. The summed E-state index contributed by atoms with van der Waals surface area (Å²) in [6.45, 7) is 3.42. The van der Waals surface area contributed by atoms with Crippen molar-refractivity contribution in [3.05, 3.63) is 59.6 Å². The van der Waals surface area contributed by atoms with Gasteiger partial charge in [-0.2, -0.15) is 5.10 Å². The molecule has 0 amide bonds. The van der Waals surface area contributed by atoms with Gasteiger partial charge >= 0.3 is 0 Å². The second kappa shape index (κ2) is 7.88. The normalized spacial score (nSPS) is 12.4. The average molecular weight is 455 g/mol. The predicted molar refractivity (Wildman–Crippen MR) is 111 cm³/mol. The van der Waals surface area contributed by atoms with E-state index in [-0.39, 0.29) is 16.0 Å². The molecule has 11 heteroatoms. The third-order valence-corrected chi connectivity index (χ3v) is 6.62. The number of aromatic nitrogens is 2. The maximum absolute atomic E-state index is 12.6. The van der Waals surface area contributed by atoms with Crippen LogP contribution in [0.4, 0.5) is 0 Å². The summed E-state index contributed by atoms with van der Waals surface area (Å²) in [5, 5.41) is 9.76. The van der Waals surface area contributed by atoms with Gasteiger partial charge in [-0.3, -0.25) is 0 Å². The number of primary sulfonamides is 1. The molecular weight excluding hydrogens is 436 g/mol. The van der Waals surface area contributed by atoms with Crippen LogP contribution in [0.1, 0.15) is 13.8 Å². The first kappa shape index (κ1) is 21.5. The molecule has 0 saturated heterocycles. The lowest BCUT2D eigenvalue weighted by atomic mass is 10.1. The fraction of sp³-hybridized carbons (Fsp3) is 0.167. The minimum absolute atomic E-state index is 0.0595. The Morgan fingerprint density at radius 2 is 1.59 bits per heavy atom. The van der Waals surface area contributed by atoms with Gasteiger partial charge in [0, 0.05) is 22.7 Å². The second-order valence-corrected chi connectivity index (χ2v) is 10.3. The summed E-state index contributed by atoms with van der Waals surface area (Å²) in [6, 6.07) is 13.6. The van der Waals surface area contributed by atoms with Crippen LogP contribution in [0, 0.1) is 0 Å². The van der Waals surface area contributed by atoms with E-state index in [1.54, 1.807) is 38.1 Å². The summed E-state index contributed by atoms with van der Waals surface area (Å²) in [7, 11) is -7.69. The van der Waals surface area contributed by atoms with Crippen molar-refractivity contribution in [1.82, 2.24) is 14.5 Å². The monoisotopic (exact) mass is 454 g/mol. The number of benzene rings is 2. The summed E-state index contributed by atoms with van der Waals surface area (Å²) in [6.07, 6.45) is 0. The summed E-state index contributed by atoms with van der Waals surface area (Å²) in [5.41, 5.74) is 1.64. The maximum Gasteiger partial charge on any atom is 0.260 e. The molecule has 8 nitrogen and oxygen atoms in total. The van der Waals surface area contributed by atoms with E-state index in [1.165, 1.54) is 35.0 Å². The minimum Gasteiger partial charge on any atom is -0.232 e. The van der Waals surface area contributed by atoms with Crippen molar-refractivity contribution >= 4 is 31.6 Å². The number of hydrogen-bond donors (Lipinski definition) is 2. The third-order valence-electron chi connectivity index (χ3n) is 3.90. The number of halogens is 1. The molecule has 0 bridgehead atoms. The number of rotatable bonds is 6.